The van der Waals surface area contributed by atoms with Gasteiger partial charge in [-0.2, -0.15) is 5.26 Å². The van der Waals surface area contributed by atoms with Gasteiger partial charge in [-0.05, 0) is 29.3 Å². The zero-order chi connectivity index (χ0) is 18.1. The lowest BCUT2D eigenvalue weighted by Crippen LogP contribution is -2.23. The van der Waals surface area contributed by atoms with Crippen LogP contribution in [0, 0.1) is 21.4 Å². The van der Waals surface area contributed by atoms with Gasteiger partial charge in [0.15, 0.2) is 0 Å². The van der Waals surface area contributed by atoms with Crippen LogP contribution in [0.3, 0.4) is 0 Å². The van der Waals surface area contributed by atoms with Gasteiger partial charge in [0, 0.05) is 18.7 Å². The summed E-state index contributed by atoms with van der Waals surface area (Å²) in [4.78, 5) is 22.1. The van der Waals surface area contributed by atoms with Crippen molar-refractivity contribution in [2.45, 2.75) is 6.54 Å². The number of nitrogens with zero attached hydrogens (tertiary/aromatic N) is 2. The molecule has 6 nitrogen and oxygen atoms in total. The molecule has 1 amide bonds. The second-order valence-corrected chi connectivity index (χ2v) is 5.07. The standard InChI is InChI=1S/C19H15N3O3/c20-13-17(19(23)21-14-16-5-2-1-3-6-16)8-4-7-15-9-11-18(12-10-15)22(24)25/h1-12H,14H2,(H,21,23)/b7-4+,17-8+. The first-order chi connectivity index (χ1) is 12.1. The predicted molar refractivity (Wildman–Crippen MR) is 94.1 cm³/mol. The van der Waals surface area contributed by atoms with Crippen LogP contribution in [0.15, 0.2) is 72.3 Å². The number of carbonyl (C=O) groups is 1. The smallest absolute Gasteiger partial charge is 0.269 e. The molecule has 0 saturated carbocycles. The summed E-state index contributed by atoms with van der Waals surface area (Å²) in [6.45, 7) is 0.338. The fraction of sp³-hybridized carbons (Fsp3) is 0.0526. The quantitative estimate of drug-likeness (QED) is 0.288. The highest BCUT2D eigenvalue weighted by molar-refractivity contribution is 5.97. The number of carbonyl (C=O) groups excluding carboxylic acids is 1. The van der Waals surface area contributed by atoms with Gasteiger partial charge in [0.05, 0.1) is 4.92 Å². The van der Waals surface area contributed by atoms with E-state index in [1.165, 1.54) is 18.2 Å². The van der Waals surface area contributed by atoms with E-state index in [0.29, 0.717) is 6.54 Å². The summed E-state index contributed by atoms with van der Waals surface area (Å²) >= 11 is 0. The molecule has 0 heterocycles. The number of nitrogens with one attached hydrogen (secondary N) is 1. The van der Waals surface area contributed by atoms with Gasteiger partial charge < -0.3 is 5.32 Å². The number of rotatable bonds is 6. The third kappa shape index (κ3) is 5.44. The number of nitro benzene ring substituents is 1. The van der Waals surface area contributed by atoms with Crippen molar-refractivity contribution in [2.75, 3.05) is 0 Å². The Hall–Kier alpha value is -3.72. The van der Waals surface area contributed by atoms with Crippen molar-refractivity contribution in [3.63, 3.8) is 0 Å². The maximum absolute atomic E-state index is 12.0. The van der Waals surface area contributed by atoms with Gasteiger partial charge >= 0.3 is 0 Å². The number of non-ortho nitro benzene ring substituents is 1. The molecule has 1 N–H and O–H groups in total. The molecule has 0 aliphatic rings. The second kappa shape index (κ2) is 8.79. The van der Waals surface area contributed by atoms with E-state index < -0.39 is 10.8 Å². The molecule has 124 valence electrons. The molecule has 0 spiro atoms. The average Bonchev–Trinajstić information content (AvgIpc) is 2.64. The summed E-state index contributed by atoms with van der Waals surface area (Å²) in [5.74, 6) is -0.459. The van der Waals surface area contributed by atoms with Gasteiger partial charge in [-0.3, -0.25) is 14.9 Å². The first kappa shape index (κ1) is 17.6. The van der Waals surface area contributed by atoms with E-state index in [1.54, 1.807) is 24.3 Å². The molecule has 0 fully saturated rings. The van der Waals surface area contributed by atoms with Crippen molar-refractivity contribution in [1.29, 1.82) is 5.26 Å². The van der Waals surface area contributed by atoms with Gasteiger partial charge in [0.2, 0.25) is 0 Å². The highest BCUT2D eigenvalue weighted by Crippen LogP contribution is 2.13. The van der Waals surface area contributed by atoms with Crippen molar-refractivity contribution >= 4 is 17.7 Å². The molecular formula is C19H15N3O3. The molecule has 0 bridgehead atoms. The minimum absolute atomic E-state index is 0.00527. The Bertz CT molecular complexity index is 848. The molecule has 0 aliphatic carbocycles. The zero-order valence-corrected chi connectivity index (χ0v) is 13.3. The van der Waals surface area contributed by atoms with E-state index in [-0.39, 0.29) is 11.3 Å². The summed E-state index contributed by atoms with van der Waals surface area (Å²) in [6, 6.07) is 17.2. The van der Waals surface area contributed by atoms with Crippen LogP contribution < -0.4 is 5.32 Å². The van der Waals surface area contributed by atoms with Crippen LogP contribution in [-0.4, -0.2) is 10.8 Å². The van der Waals surface area contributed by atoms with E-state index >= 15 is 0 Å². The maximum atomic E-state index is 12.0. The summed E-state index contributed by atoms with van der Waals surface area (Å²) in [6.07, 6.45) is 4.62. The SMILES string of the molecule is N#C/C(=C\C=C\c1ccc([N+](=O)[O-])cc1)C(=O)NCc1ccccc1. The molecule has 0 aromatic heterocycles. The lowest BCUT2D eigenvalue weighted by molar-refractivity contribution is -0.384. The molecule has 0 unspecified atom stereocenters. The van der Waals surface area contributed by atoms with Crippen molar-refractivity contribution in [2.24, 2.45) is 0 Å². The first-order valence-corrected chi connectivity index (χ1v) is 7.45. The van der Waals surface area contributed by atoms with Crippen LogP contribution in [0.2, 0.25) is 0 Å². The summed E-state index contributed by atoms with van der Waals surface area (Å²) in [7, 11) is 0. The lowest BCUT2D eigenvalue weighted by atomic mass is 10.1. The highest BCUT2D eigenvalue weighted by atomic mass is 16.6. The van der Waals surface area contributed by atoms with Crippen molar-refractivity contribution in [3.05, 3.63) is 93.6 Å². The highest BCUT2D eigenvalue weighted by Gasteiger charge is 2.07. The third-order valence-corrected chi connectivity index (χ3v) is 3.32. The normalized spacial score (nSPS) is 11.1. The Morgan fingerprint density at radius 1 is 1.16 bits per heavy atom. The molecular weight excluding hydrogens is 318 g/mol. The molecule has 0 atom stereocenters. The Morgan fingerprint density at radius 3 is 2.44 bits per heavy atom. The number of allylic oxidation sites excluding steroid dienone is 2. The topological polar surface area (TPSA) is 96.0 Å². The molecule has 2 rings (SSSR count). The van der Waals surface area contributed by atoms with Gasteiger partial charge in [-0.1, -0.05) is 42.5 Å². The van der Waals surface area contributed by atoms with Gasteiger partial charge in [0.1, 0.15) is 11.6 Å². The number of benzene rings is 2. The Labute approximate surface area is 144 Å². The van der Waals surface area contributed by atoms with Crippen LogP contribution in [0.25, 0.3) is 6.08 Å². The zero-order valence-electron chi connectivity index (χ0n) is 13.3. The van der Waals surface area contributed by atoms with Crippen LogP contribution in [-0.2, 0) is 11.3 Å². The van der Waals surface area contributed by atoms with E-state index in [9.17, 15) is 14.9 Å². The molecule has 0 radical (unpaired) electrons. The largest absolute Gasteiger partial charge is 0.347 e. The summed E-state index contributed by atoms with van der Waals surface area (Å²) in [5, 5.41) is 22.4. The number of hydrogen-bond acceptors (Lipinski definition) is 4. The maximum Gasteiger partial charge on any atom is 0.269 e. The predicted octanol–water partition coefficient (Wildman–Crippen LogP) is 3.37. The number of hydrogen-bond donors (Lipinski definition) is 1. The van der Waals surface area contributed by atoms with Crippen LogP contribution in [0.4, 0.5) is 5.69 Å². The average molecular weight is 333 g/mol. The van der Waals surface area contributed by atoms with Crippen molar-refractivity contribution in [3.8, 4) is 6.07 Å². The Morgan fingerprint density at radius 2 is 1.84 bits per heavy atom. The molecule has 2 aromatic rings. The van der Waals surface area contributed by atoms with E-state index in [1.807, 2.05) is 36.4 Å². The van der Waals surface area contributed by atoms with Crippen LogP contribution in [0.1, 0.15) is 11.1 Å². The van der Waals surface area contributed by atoms with Gasteiger partial charge in [-0.25, -0.2) is 0 Å². The fourth-order valence-electron chi connectivity index (χ4n) is 2.00. The van der Waals surface area contributed by atoms with Gasteiger partial charge in [-0.15, -0.1) is 0 Å². The van der Waals surface area contributed by atoms with E-state index in [2.05, 4.69) is 5.32 Å². The Balaban J connectivity index is 1.98. The number of nitriles is 1. The second-order valence-electron chi connectivity index (χ2n) is 5.07. The number of amides is 1. The minimum atomic E-state index is -0.474. The molecule has 0 aliphatic heterocycles. The van der Waals surface area contributed by atoms with Gasteiger partial charge in [0.25, 0.3) is 11.6 Å². The molecule has 6 heteroatoms. The molecule has 2 aromatic carbocycles. The summed E-state index contributed by atoms with van der Waals surface area (Å²) < 4.78 is 0. The third-order valence-electron chi connectivity index (χ3n) is 3.32. The number of nitro groups is 1. The summed E-state index contributed by atoms with van der Waals surface area (Å²) in [5.41, 5.74) is 1.65. The van der Waals surface area contributed by atoms with E-state index in [4.69, 9.17) is 5.26 Å². The Kier molecular flexibility index (Phi) is 6.20. The first-order valence-electron chi connectivity index (χ1n) is 7.45. The monoisotopic (exact) mass is 333 g/mol. The molecule has 25 heavy (non-hydrogen) atoms. The van der Waals surface area contributed by atoms with Crippen LogP contribution >= 0.6 is 0 Å². The fourth-order valence-corrected chi connectivity index (χ4v) is 2.00. The van der Waals surface area contributed by atoms with Crippen LogP contribution in [0.5, 0.6) is 0 Å². The molecule has 0 saturated heterocycles. The van der Waals surface area contributed by atoms with Crippen molar-refractivity contribution < 1.29 is 9.72 Å². The van der Waals surface area contributed by atoms with Crippen molar-refractivity contribution in [1.82, 2.24) is 5.32 Å². The minimum Gasteiger partial charge on any atom is -0.347 e. The van der Waals surface area contributed by atoms with E-state index in [0.717, 1.165) is 11.1 Å². The lowest BCUT2D eigenvalue weighted by Gasteiger charge is -2.03.